The van der Waals surface area contributed by atoms with Crippen molar-refractivity contribution in [2.24, 2.45) is 0 Å². The number of aryl methyl sites for hydroxylation is 2. The van der Waals surface area contributed by atoms with Gasteiger partial charge in [-0.2, -0.15) is 0 Å². The number of nitrogens with zero attached hydrogens (tertiary/aromatic N) is 2. The van der Waals surface area contributed by atoms with Crippen LogP contribution in [0.2, 0.25) is 0 Å². The lowest BCUT2D eigenvalue weighted by Crippen LogP contribution is -2.50. The van der Waals surface area contributed by atoms with Gasteiger partial charge in [-0.25, -0.2) is 4.79 Å². The molecule has 2 N–H and O–H groups in total. The fourth-order valence-electron chi connectivity index (χ4n) is 5.06. The summed E-state index contributed by atoms with van der Waals surface area (Å²) in [5, 5.41) is 5.94. The lowest BCUT2D eigenvalue weighted by Gasteiger charge is -2.33. The molecule has 0 bridgehead atoms. The summed E-state index contributed by atoms with van der Waals surface area (Å²) in [4.78, 5) is 43.7. The Morgan fingerprint density at radius 1 is 1.17 bits per heavy atom. The molecule has 0 aromatic heterocycles. The van der Waals surface area contributed by atoms with Gasteiger partial charge in [0.05, 0.1) is 30.5 Å². The molecule has 2 atom stereocenters. The summed E-state index contributed by atoms with van der Waals surface area (Å²) in [5.41, 5.74) is 5.15. The zero-order valence-electron chi connectivity index (χ0n) is 21.3. The standard InChI is InChI=1S/C28H34N4O4/c1-5-31-23-17-32(22(26(33)29-13-14-36-4)16-20-9-7-6-8-10-20)27(34)24(23)25(30-28(31)35)21-12-11-18(2)15-19(21)3/h6-12,15,22,25H,5,13-14,16-17H2,1-4H3,(H,29,33)(H,30,35)/t22-,25-/m0/s1. The quantitative estimate of drug-likeness (QED) is 0.529. The van der Waals surface area contributed by atoms with Crippen molar-refractivity contribution >= 4 is 17.8 Å². The van der Waals surface area contributed by atoms with E-state index in [1.54, 1.807) is 16.9 Å². The van der Waals surface area contributed by atoms with Crippen molar-refractivity contribution in [2.75, 3.05) is 33.4 Å². The first kappa shape index (κ1) is 25.4. The second-order valence-electron chi connectivity index (χ2n) is 9.27. The average Bonchev–Trinajstić information content (AvgIpc) is 3.19. The van der Waals surface area contributed by atoms with Crippen molar-refractivity contribution < 1.29 is 19.1 Å². The lowest BCUT2D eigenvalue weighted by atomic mass is 9.91. The van der Waals surface area contributed by atoms with E-state index in [0.29, 0.717) is 37.4 Å². The maximum atomic E-state index is 14.0. The first-order valence-electron chi connectivity index (χ1n) is 12.4. The molecule has 0 saturated carbocycles. The number of carbonyl (C=O) groups is 3. The summed E-state index contributed by atoms with van der Waals surface area (Å²) in [6.45, 7) is 7.23. The minimum Gasteiger partial charge on any atom is -0.383 e. The predicted molar refractivity (Wildman–Crippen MR) is 137 cm³/mol. The highest BCUT2D eigenvalue weighted by atomic mass is 16.5. The summed E-state index contributed by atoms with van der Waals surface area (Å²) in [6, 6.07) is 14.1. The number of nitrogens with one attached hydrogen (secondary N) is 2. The Kier molecular flexibility index (Phi) is 7.74. The molecule has 0 radical (unpaired) electrons. The zero-order chi connectivity index (χ0) is 25.8. The van der Waals surface area contributed by atoms with E-state index < -0.39 is 12.1 Å². The molecule has 2 aliphatic rings. The number of amides is 4. The Morgan fingerprint density at radius 3 is 2.58 bits per heavy atom. The number of hydrogen-bond donors (Lipinski definition) is 2. The predicted octanol–water partition coefficient (Wildman–Crippen LogP) is 2.86. The molecule has 4 amide bonds. The number of benzene rings is 2. The molecule has 0 unspecified atom stereocenters. The van der Waals surface area contributed by atoms with E-state index in [-0.39, 0.29) is 24.4 Å². The molecular formula is C28H34N4O4. The minimum atomic E-state index is -0.726. The SMILES string of the molecule is CCN1C(=O)N[C@@H](c2ccc(C)cc2C)C2=C1CN([C@@H](Cc1ccccc1)C(=O)NCCOC)C2=O. The Hall–Kier alpha value is -3.65. The van der Waals surface area contributed by atoms with Gasteiger partial charge in [0.1, 0.15) is 6.04 Å². The van der Waals surface area contributed by atoms with Gasteiger partial charge in [-0.1, -0.05) is 54.1 Å². The number of carbonyl (C=O) groups excluding carboxylic acids is 3. The van der Waals surface area contributed by atoms with E-state index in [4.69, 9.17) is 4.74 Å². The van der Waals surface area contributed by atoms with Crippen molar-refractivity contribution in [1.82, 2.24) is 20.4 Å². The van der Waals surface area contributed by atoms with Gasteiger partial charge in [0.2, 0.25) is 5.91 Å². The molecule has 2 aliphatic heterocycles. The van der Waals surface area contributed by atoms with Crippen LogP contribution in [-0.2, 0) is 20.7 Å². The van der Waals surface area contributed by atoms with E-state index in [0.717, 1.165) is 22.3 Å². The summed E-state index contributed by atoms with van der Waals surface area (Å²) in [6.07, 6.45) is 0.369. The van der Waals surface area contributed by atoms with Crippen molar-refractivity contribution in [3.05, 3.63) is 82.1 Å². The van der Waals surface area contributed by atoms with Gasteiger partial charge in [-0.15, -0.1) is 0 Å². The van der Waals surface area contributed by atoms with Crippen molar-refractivity contribution in [1.29, 1.82) is 0 Å². The fourth-order valence-corrected chi connectivity index (χ4v) is 5.06. The number of ether oxygens (including phenoxy) is 1. The van der Waals surface area contributed by atoms with E-state index in [9.17, 15) is 14.4 Å². The Balaban J connectivity index is 1.71. The number of urea groups is 1. The maximum Gasteiger partial charge on any atom is 0.322 e. The van der Waals surface area contributed by atoms with E-state index >= 15 is 0 Å². The molecule has 0 aliphatic carbocycles. The van der Waals surface area contributed by atoms with E-state index in [2.05, 4.69) is 10.6 Å². The van der Waals surface area contributed by atoms with Gasteiger partial charge in [-0.05, 0) is 37.5 Å². The van der Waals surface area contributed by atoms with Gasteiger partial charge in [0.25, 0.3) is 5.91 Å². The summed E-state index contributed by atoms with van der Waals surface area (Å²) in [7, 11) is 1.58. The van der Waals surface area contributed by atoms with Crippen molar-refractivity contribution in [3.63, 3.8) is 0 Å². The van der Waals surface area contributed by atoms with Gasteiger partial charge >= 0.3 is 6.03 Å². The molecule has 4 rings (SSSR count). The van der Waals surface area contributed by atoms with Gasteiger partial charge < -0.3 is 20.3 Å². The highest BCUT2D eigenvalue weighted by Gasteiger charge is 2.47. The first-order valence-corrected chi connectivity index (χ1v) is 12.4. The van der Waals surface area contributed by atoms with Crippen LogP contribution in [0.5, 0.6) is 0 Å². The number of hydrogen-bond acceptors (Lipinski definition) is 4. The maximum absolute atomic E-state index is 14.0. The normalized spacial score (nSPS) is 18.3. The van der Waals surface area contributed by atoms with Crippen LogP contribution in [0, 0.1) is 13.8 Å². The molecule has 2 aromatic carbocycles. The molecule has 8 heteroatoms. The van der Waals surface area contributed by atoms with Gasteiger partial charge in [-0.3, -0.25) is 14.5 Å². The number of likely N-dealkylation sites (N-methyl/N-ethyl adjacent to an activating group) is 1. The first-order chi connectivity index (χ1) is 17.3. The van der Waals surface area contributed by atoms with Crippen LogP contribution in [0.1, 0.15) is 35.2 Å². The molecule has 190 valence electrons. The highest BCUT2D eigenvalue weighted by Crippen LogP contribution is 2.38. The summed E-state index contributed by atoms with van der Waals surface area (Å²) >= 11 is 0. The van der Waals surface area contributed by atoms with Crippen LogP contribution in [0.15, 0.2) is 59.8 Å². The Labute approximate surface area is 212 Å². The fraction of sp³-hybridized carbons (Fsp3) is 0.393. The molecule has 0 fully saturated rings. The van der Waals surface area contributed by atoms with Gasteiger partial charge in [0, 0.05) is 26.6 Å². The third kappa shape index (κ3) is 4.99. The minimum absolute atomic E-state index is 0.200. The summed E-state index contributed by atoms with van der Waals surface area (Å²) in [5.74, 6) is -0.467. The second kappa shape index (κ2) is 11.0. The van der Waals surface area contributed by atoms with Crippen LogP contribution in [0.4, 0.5) is 4.79 Å². The highest BCUT2D eigenvalue weighted by molar-refractivity contribution is 6.03. The molecule has 2 aromatic rings. The largest absolute Gasteiger partial charge is 0.383 e. The van der Waals surface area contributed by atoms with Crippen LogP contribution >= 0.6 is 0 Å². The second-order valence-corrected chi connectivity index (χ2v) is 9.27. The molecule has 36 heavy (non-hydrogen) atoms. The van der Waals surface area contributed by atoms with Crippen LogP contribution in [-0.4, -0.2) is 67.0 Å². The zero-order valence-corrected chi connectivity index (χ0v) is 21.3. The molecule has 8 nitrogen and oxygen atoms in total. The monoisotopic (exact) mass is 490 g/mol. The number of rotatable bonds is 9. The van der Waals surface area contributed by atoms with Crippen LogP contribution in [0.25, 0.3) is 0 Å². The smallest absolute Gasteiger partial charge is 0.322 e. The third-order valence-electron chi connectivity index (χ3n) is 6.86. The third-order valence-corrected chi connectivity index (χ3v) is 6.86. The van der Waals surface area contributed by atoms with Crippen LogP contribution in [0.3, 0.4) is 0 Å². The average molecular weight is 491 g/mol. The topological polar surface area (TPSA) is 91.0 Å². The molecule has 0 spiro atoms. The molecule has 2 heterocycles. The molecule has 0 saturated heterocycles. The Bertz CT molecular complexity index is 1180. The lowest BCUT2D eigenvalue weighted by molar-refractivity contribution is -0.136. The van der Waals surface area contributed by atoms with E-state index in [1.165, 1.54) is 0 Å². The van der Waals surface area contributed by atoms with Crippen LogP contribution < -0.4 is 10.6 Å². The molecular weight excluding hydrogens is 456 g/mol. The van der Waals surface area contributed by atoms with Gasteiger partial charge in [0.15, 0.2) is 0 Å². The van der Waals surface area contributed by atoms with Crippen molar-refractivity contribution in [2.45, 2.75) is 39.3 Å². The number of methoxy groups -OCH3 is 1. The Morgan fingerprint density at radius 2 is 1.92 bits per heavy atom. The van der Waals surface area contributed by atoms with E-state index in [1.807, 2.05) is 69.3 Å². The summed E-state index contributed by atoms with van der Waals surface area (Å²) < 4.78 is 5.08. The van der Waals surface area contributed by atoms with Crippen molar-refractivity contribution in [3.8, 4) is 0 Å².